The summed E-state index contributed by atoms with van der Waals surface area (Å²) in [4.78, 5) is 10.4. The molecule has 0 spiro atoms. The molecule has 0 aromatic heterocycles. The van der Waals surface area contributed by atoms with E-state index >= 15 is 0 Å². The summed E-state index contributed by atoms with van der Waals surface area (Å²) >= 11 is 1.15. The Kier molecular flexibility index (Phi) is 3.91. The van der Waals surface area contributed by atoms with E-state index in [-0.39, 0.29) is 11.5 Å². The largest absolute Gasteiger partial charge is 0.393 e. The molecule has 0 aliphatic carbocycles. The second-order valence-corrected chi connectivity index (χ2v) is 2.49. The monoisotopic (exact) mass is 134 g/mol. The number of aliphatic hydroxyl groups excluding tert-OH is 1. The Balaban J connectivity index is 3.25. The van der Waals surface area contributed by atoms with Crippen LogP contribution in [0.2, 0.25) is 0 Å². The second kappa shape index (κ2) is 3.92. The Morgan fingerprint density at radius 3 is 2.50 bits per heavy atom. The molecule has 0 saturated carbocycles. The van der Waals surface area contributed by atoms with Gasteiger partial charge in [0.25, 0.3) is 0 Å². The van der Waals surface area contributed by atoms with E-state index in [0.717, 1.165) is 11.8 Å². The molecule has 0 aromatic carbocycles. The van der Waals surface area contributed by atoms with Crippen molar-refractivity contribution >= 4 is 16.9 Å². The van der Waals surface area contributed by atoms with Crippen molar-refractivity contribution in [2.45, 2.75) is 19.4 Å². The molecule has 0 aliphatic rings. The summed E-state index contributed by atoms with van der Waals surface area (Å²) in [5.74, 6) is 0. The average molecular weight is 134 g/mol. The molecule has 0 fully saturated rings. The Labute approximate surface area is 53.3 Å². The quantitative estimate of drug-likeness (QED) is 0.602. The van der Waals surface area contributed by atoms with E-state index in [9.17, 15) is 4.79 Å². The van der Waals surface area contributed by atoms with Crippen LogP contribution in [0.4, 0.5) is 0 Å². The molecule has 0 rings (SSSR count). The highest BCUT2D eigenvalue weighted by Crippen LogP contribution is 2.01. The molecular formula is C5H10O2S. The molecule has 2 nitrogen and oxygen atoms in total. The number of rotatable bonds is 2. The third kappa shape index (κ3) is 4.15. The van der Waals surface area contributed by atoms with Crippen molar-refractivity contribution in [1.82, 2.24) is 0 Å². The van der Waals surface area contributed by atoms with Crippen LogP contribution in [-0.2, 0) is 4.79 Å². The smallest absolute Gasteiger partial charge is 0.191 e. The molecule has 8 heavy (non-hydrogen) atoms. The van der Waals surface area contributed by atoms with Gasteiger partial charge in [-0.1, -0.05) is 11.8 Å². The fraction of sp³-hybridized carbons (Fsp3) is 0.800. The van der Waals surface area contributed by atoms with Crippen LogP contribution in [0, 0.1) is 0 Å². The Hall–Kier alpha value is -0.0200. The summed E-state index contributed by atoms with van der Waals surface area (Å²) < 4.78 is 0. The number of hydrogen-bond acceptors (Lipinski definition) is 3. The maximum atomic E-state index is 10.4. The number of hydrogen-bond donors (Lipinski definition) is 1. The normalized spacial score (nSPS) is 13.4. The predicted molar refractivity (Wildman–Crippen MR) is 34.8 cm³/mol. The molecule has 0 amide bonds. The molecule has 0 radical (unpaired) electrons. The minimum atomic E-state index is -0.491. The van der Waals surface area contributed by atoms with Crippen molar-refractivity contribution in [2.75, 3.05) is 6.26 Å². The van der Waals surface area contributed by atoms with Crippen LogP contribution in [0.25, 0.3) is 0 Å². The zero-order valence-corrected chi connectivity index (χ0v) is 5.86. The van der Waals surface area contributed by atoms with E-state index in [2.05, 4.69) is 0 Å². The van der Waals surface area contributed by atoms with Gasteiger partial charge in [-0.05, 0) is 13.2 Å². The van der Waals surface area contributed by atoms with Gasteiger partial charge >= 0.3 is 0 Å². The van der Waals surface area contributed by atoms with Gasteiger partial charge in [0, 0.05) is 6.42 Å². The molecule has 1 atom stereocenters. The third-order valence-corrected chi connectivity index (χ3v) is 1.31. The minimum absolute atomic E-state index is 0.0417. The molecule has 3 heteroatoms. The molecule has 1 N–H and O–H groups in total. The van der Waals surface area contributed by atoms with Crippen LogP contribution in [0.5, 0.6) is 0 Å². The summed E-state index contributed by atoms with van der Waals surface area (Å²) in [6.07, 6.45) is 1.49. The van der Waals surface area contributed by atoms with Gasteiger partial charge in [0.15, 0.2) is 5.12 Å². The Bertz CT molecular complexity index is 80.5. The van der Waals surface area contributed by atoms with Gasteiger partial charge in [-0.3, -0.25) is 4.79 Å². The first kappa shape index (κ1) is 7.98. The minimum Gasteiger partial charge on any atom is -0.393 e. The van der Waals surface area contributed by atoms with E-state index in [0.29, 0.717) is 0 Å². The van der Waals surface area contributed by atoms with E-state index in [1.165, 1.54) is 0 Å². The summed E-state index contributed by atoms with van der Waals surface area (Å²) in [5, 5.41) is 8.66. The van der Waals surface area contributed by atoms with Crippen LogP contribution in [0.1, 0.15) is 13.3 Å². The highest BCUT2D eigenvalue weighted by molar-refractivity contribution is 8.13. The zero-order chi connectivity index (χ0) is 6.57. The second-order valence-electron chi connectivity index (χ2n) is 1.63. The molecule has 0 aliphatic heterocycles. The van der Waals surface area contributed by atoms with Gasteiger partial charge in [0.1, 0.15) is 0 Å². The van der Waals surface area contributed by atoms with Crippen molar-refractivity contribution in [3.63, 3.8) is 0 Å². The first-order valence-electron chi connectivity index (χ1n) is 2.41. The van der Waals surface area contributed by atoms with Crippen molar-refractivity contribution in [3.8, 4) is 0 Å². The first-order valence-corrected chi connectivity index (χ1v) is 3.64. The number of aliphatic hydroxyl groups is 1. The summed E-state index contributed by atoms with van der Waals surface area (Å²) in [5.41, 5.74) is 0. The maximum absolute atomic E-state index is 10.4. The Morgan fingerprint density at radius 1 is 1.88 bits per heavy atom. The highest BCUT2D eigenvalue weighted by Gasteiger charge is 2.02. The van der Waals surface area contributed by atoms with Gasteiger partial charge in [0.05, 0.1) is 6.10 Å². The molecule has 0 aromatic rings. The SMILES string of the molecule is CSC(=O)CC(C)O. The molecule has 48 valence electrons. The topological polar surface area (TPSA) is 37.3 Å². The van der Waals surface area contributed by atoms with Crippen molar-refractivity contribution in [1.29, 1.82) is 0 Å². The van der Waals surface area contributed by atoms with Gasteiger partial charge in [-0.25, -0.2) is 0 Å². The lowest BCUT2D eigenvalue weighted by Crippen LogP contribution is -2.04. The highest BCUT2D eigenvalue weighted by atomic mass is 32.2. The fourth-order valence-electron chi connectivity index (χ4n) is 0.325. The lowest BCUT2D eigenvalue weighted by molar-refractivity contribution is -0.112. The summed E-state index contributed by atoms with van der Waals surface area (Å²) in [6.45, 7) is 1.61. The molecule has 1 unspecified atom stereocenters. The zero-order valence-electron chi connectivity index (χ0n) is 5.05. The number of thioether (sulfide) groups is 1. The van der Waals surface area contributed by atoms with Crippen LogP contribution in [0.15, 0.2) is 0 Å². The van der Waals surface area contributed by atoms with Crippen LogP contribution < -0.4 is 0 Å². The Morgan fingerprint density at radius 2 is 2.38 bits per heavy atom. The molecule has 0 bridgehead atoms. The van der Waals surface area contributed by atoms with Crippen LogP contribution in [-0.4, -0.2) is 22.6 Å². The summed E-state index contributed by atoms with van der Waals surface area (Å²) in [6, 6.07) is 0. The standard InChI is InChI=1S/C5H10O2S/c1-4(6)3-5(7)8-2/h4,6H,3H2,1-2H3. The fourth-order valence-corrected chi connectivity index (χ4v) is 0.732. The van der Waals surface area contributed by atoms with Crippen LogP contribution >= 0.6 is 11.8 Å². The van der Waals surface area contributed by atoms with Gasteiger partial charge in [0.2, 0.25) is 0 Å². The lowest BCUT2D eigenvalue weighted by atomic mass is 10.3. The average Bonchev–Trinajstić information content (AvgIpc) is 1.65. The summed E-state index contributed by atoms with van der Waals surface area (Å²) in [7, 11) is 0. The van der Waals surface area contributed by atoms with E-state index in [1.807, 2.05) is 0 Å². The number of carbonyl (C=O) groups is 1. The van der Waals surface area contributed by atoms with Crippen LogP contribution in [0.3, 0.4) is 0 Å². The molecule has 0 heterocycles. The lowest BCUT2D eigenvalue weighted by Gasteiger charge is -1.97. The van der Waals surface area contributed by atoms with Gasteiger partial charge in [-0.15, -0.1) is 0 Å². The number of carbonyl (C=O) groups excluding carboxylic acids is 1. The van der Waals surface area contributed by atoms with E-state index < -0.39 is 6.10 Å². The maximum Gasteiger partial charge on any atom is 0.191 e. The van der Waals surface area contributed by atoms with Crippen molar-refractivity contribution in [3.05, 3.63) is 0 Å². The molecule has 0 saturated heterocycles. The van der Waals surface area contributed by atoms with E-state index in [4.69, 9.17) is 5.11 Å². The first-order chi connectivity index (χ1) is 3.66. The van der Waals surface area contributed by atoms with Gasteiger partial charge < -0.3 is 5.11 Å². The van der Waals surface area contributed by atoms with Crippen molar-refractivity contribution < 1.29 is 9.90 Å². The van der Waals surface area contributed by atoms with Crippen molar-refractivity contribution in [2.24, 2.45) is 0 Å². The van der Waals surface area contributed by atoms with Gasteiger partial charge in [-0.2, -0.15) is 0 Å². The van der Waals surface area contributed by atoms with E-state index in [1.54, 1.807) is 13.2 Å². The third-order valence-electron chi connectivity index (χ3n) is 0.690. The predicted octanol–water partition coefficient (Wildman–Crippen LogP) is 0.647. The molecular weight excluding hydrogens is 124 g/mol.